The van der Waals surface area contributed by atoms with Crippen molar-refractivity contribution in [2.45, 2.75) is 50.7 Å². The van der Waals surface area contributed by atoms with Crippen molar-refractivity contribution < 1.29 is 28.8 Å². The Kier molecular flexibility index (Phi) is 7.66. The molecule has 2 aliphatic heterocycles. The van der Waals surface area contributed by atoms with Crippen LogP contribution in [0, 0.1) is 11.2 Å². The van der Waals surface area contributed by atoms with Crippen molar-refractivity contribution in [3.05, 3.63) is 42.2 Å². The predicted octanol–water partition coefficient (Wildman–Crippen LogP) is 4.93. The monoisotopic (exact) mass is 617 g/mol. The number of pyridine rings is 1. The lowest BCUT2D eigenvalue weighted by Crippen LogP contribution is -2.50. The van der Waals surface area contributed by atoms with Gasteiger partial charge < -0.3 is 34.2 Å². The molecule has 2 N–H and O–H groups in total. The summed E-state index contributed by atoms with van der Waals surface area (Å²) in [5.41, 5.74) is -0.773. The zero-order chi connectivity index (χ0) is 31.3. The second kappa shape index (κ2) is 11.5. The average molecular weight is 618 g/mol. The van der Waals surface area contributed by atoms with Crippen LogP contribution in [0.3, 0.4) is 0 Å². The smallest absolute Gasteiger partial charge is 0.319 e. The van der Waals surface area contributed by atoms with Gasteiger partial charge in [0.2, 0.25) is 5.88 Å². The van der Waals surface area contributed by atoms with E-state index in [9.17, 15) is 10.2 Å². The lowest BCUT2D eigenvalue weighted by atomic mass is 9.76. The first kappa shape index (κ1) is 29.9. The van der Waals surface area contributed by atoms with E-state index in [1.54, 1.807) is 13.0 Å². The van der Waals surface area contributed by atoms with Crippen LogP contribution in [0.2, 0.25) is 0 Å². The first-order chi connectivity index (χ1) is 21.7. The number of methoxy groups -OCH3 is 1. The summed E-state index contributed by atoms with van der Waals surface area (Å²) < 4.78 is 34.8. The molecule has 11 heteroatoms. The molecule has 1 aliphatic carbocycles. The molecule has 0 bridgehead atoms. The van der Waals surface area contributed by atoms with E-state index in [1.807, 2.05) is 29.2 Å². The molecule has 7 rings (SSSR count). The summed E-state index contributed by atoms with van der Waals surface area (Å²) in [6.07, 6.45) is 5.50. The number of aromatic nitrogens is 3. The molecule has 2 aromatic heterocycles. The van der Waals surface area contributed by atoms with E-state index in [0.717, 1.165) is 49.4 Å². The Morgan fingerprint density at radius 1 is 1.11 bits per heavy atom. The highest BCUT2D eigenvalue weighted by molar-refractivity contribution is 6.01. The van der Waals surface area contributed by atoms with Crippen molar-refractivity contribution in [1.29, 1.82) is 0 Å². The third-order valence-corrected chi connectivity index (χ3v) is 9.82. The number of anilines is 1. The average Bonchev–Trinajstić information content (AvgIpc) is 3.38. The number of halogens is 1. The minimum atomic E-state index is -1.17. The molecule has 3 aliphatic rings. The van der Waals surface area contributed by atoms with Gasteiger partial charge in [-0.25, -0.2) is 9.37 Å². The highest BCUT2D eigenvalue weighted by Crippen LogP contribution is 2.48. The van der Waals surface area contributed by atoms with E-state index >= 15 is 4.39 Å². The molecular weight excluding hydrogens is 577 g/mol. The number of phenols is 1. The van der Waals surface area contributed by atoms with Crippen molar-refractivity contribution in [3.63, 3.8) is 0 Å². The Bertz CT molecular complexity index is 1750. The SMILES string of the molecule is COc1nc(-c2cc(O)cc3ccccc23)c(F)c2nc(OCC34CCCC3N(C)CCC4)nc(N3CCOCC(C)(O)C3)c12. The Balaban J connectivity index is 1.40. The number of aliphatic hydroxyl groups is 1. The molecule has 0 radical (unpaired) electrons. The second-order valence-electron chi connectivity index (χ2n) is 13.2. The number of phenolic OH excluding ortho intramolecular Hbond substituents is 1. The van der Waals surface area contributed by atoms with Gasteiger partial charge in [-0.05, 0) is 69.1 Å². The third kappa shape index (κ3) is 5.40. The molecule has 3 atom stereocenters. The number of benzene rings is 2. The fourth-order valence-electron chi connectivity index (χ4n) is 7.78. The number of rotatable bonds is 6. The van der Waals surface area contributed by atoms with Gasteiger partial charge in [0, 0.05) is 23.6 Å². The lowest BCUT2D eigenvalue weighted by Gasteiger charge is -2.44. The molecule has 2 saturated heterocycles. The summed E-state index contributed by atoms with van der Waals surface area (Å²) >= 11 is 0. The predicted molar refractivity (Wildman–Crippen MR) is 170 cm³/mol. The molecule has 3 unspecified atom stereocenters. The van der Waals surface area contributed by atoms with Crippen LogP contribution < -0.4 is 14.4 Å². The lowest BCUT2D eigenvalue weighted by molar-refractivity contribution is -0.0123. The van der Waals surface area contributed by atoms with Gasteiger partial charge in [-0.1, -0.05) is 30.7 Å². The summed E-state index contributed by atoms with van der Waals surface area (Å²) in [6.45, 7) is 4.31. The van der Waals surface area contributed by atoms with Crippen molar-refractivity contribution in [1.82, 2.24) is 19.9 Å². The maximum atomic E-state index is 16.9. The van der Waals surface area contributed by atoms with Crippen LogP contribution in [0.1, 0.15) is 39.0 Å². The zero-order valence-corrected chi connectivity index (χ0v) is 26.1. The Morgan fingerprint density at radius 3 is 2.78 bits per heavy atom. The highest BCUT2D eigenvalue weighted by Gasteiger charge is 2.47. The molecule has 10 nitrogen and oxygen atoms in total. The zero-order valence-electron chi connectivity index (χ0n) is 26.1. The number of fused-ring (bicyclic) bond motifs is 3. The Morgan fingerprint density at radius 2 is 1.93 bits per heavy atom. The number of hydrogen-bond donors (Lipinski definition) is 2. The standard InChI is InChI=1S/C34H40FN5O5/c1-33(42)18-40(14-15-44-19-33)30-26-29(37-32(38-30)45-20-34-11-6-10-25(34)39(2)13-7-12-34)27(35)28(36-31(26)43-3)24-17-22(41)16-21-8-4-5-9-23(21)24/h4-5,8-9,16-17,25,41-42H,6-7,10-15,18-20H2,1-3H3. The topological polar surface area (TPSA) is 113 Å². The van der Waals surface area contributed by atoms with Crippen molar-refractivity contribution in [2.75, 3.05) is 58.5 Å². The van der Waals surface area contributed by atoms with Crippen LogP contribution in [0.15, 0.2) is 36.4 Å². The number of ether oxygens (including phenoxy) is 3. The summed E-state index contributed by atoms with van der Waals surface area (Å²) in [5.74, 6) is -0.200. The molecule has 0 amide bonds. The molecular formula is C34H40FN5O5. The van der Waals surface area contributed by atoms with Gasteiger partial charge in [0.1, 0.15) is 33.8 Å². The van der Waals surface area contributed by atoms with Crippen LogP contribution in [0.5, 0.6) is 17.6 Å². The van der Waals surface area contributed by atoms with Gasteiger partial charge in [-0.2, -0.15) is 9.97 Å². The Labute approximate surface area is 261 Å². The quantitative estimate of drug-likeness (QED) is 0.309. The van der Waals surface area contributed by atoms with Gasteiger partial charge in [-0.3, -0.25) is 0 Å². The Hall–Kier alpha value is -3.80. The van der Waals surface area contributed by atoms with Crippen LogP contribution >= 0.6 is 0 Å². The number of β-amino-alcohol motifs (C(OH)–C–C–N with tert-alkyl or cyclic N) is 1. The first-order valence-electron chi connectivity index (χ1n) is 15.7. The maximum absolute atomic E-state index is 16.9. The summed E-state index contributed by atoms with van der Waals surface area (Å²) in [4.78, 5) is 18.5. The van der Waals surface area contributed by atoms with E-state index in [4.69, 9.17) is 19.2 Å². The van der Waals surface area contributed by atoms with Crippen molar-refractivity contribution in [3.8, 4) is 28.9 Å². The van der Waals surface area contributed by atoms with Gasteiger partial charge in [-0.15, -0.1) is 0 Å². The van der Waals surface area contributed by atoms with E-state index in [2.05, 4.69) is 21.9 Å². The second-order valence-corrected chi connectivity index (χ2v) is 13.2. The third-order valence-electron chi connectivity index (χ3n) is 9.82. The molecule has 1 saturated carbocycles. The van der Waals surface area contributed by atoms with Crippen LogP contribution in [-0.2, 0) is 4.74 Å². The molecule has 238 valence electrons. The summed E-state index contributed by atoms with van der Waals surface area (Å²) in [6, 6.07) is 11.1. The number of hydrogen-bond acceptors (Lipinski definition) is 10. The van der Waals surface area contributed by atoms with Crippen LogP contribution in [0.25, 0.3) is 32.9 Å². The molecule has 0 spiro atoms. The van der Waals surface area contributed by atoms with Crippen LogP contribution in [-0.4, -0.2) is 95.3 Å². The molecule has 45 heavy (non-hydrogen) atoms. The highest BCUT2D eigenvalue weighted by atomic mass is 19.1. The van der Waals surface area contributed by atoms with Gasteiger partial charge in [0.15, 0.2) is 5.82 Å². The van der Waals surface area contributed by atoms with E-state index in [0.29, 0.717) is 37.2 Å². The number of piperidine rings is 1. The minimum absolute atomic E-state index is 0.00315. The number of likely N-dealkylation sites (tertiary alicyclic amines) is 1. The van der Waals surface area contributed by atoms with E-state index in [-0.39, 0.29) is 52.8 Å². The van der Waals surface area contributed by atoms with Gasteiger partial charge in [0.25, 0.3) is 0 Å². The van der Waals surface area contributed by atoms with Crippen molar-refractivity contribution >= 4 is 27.5 Å². The number of nitrogens with zero attached hydrogens (tertiary/aromatic N) is 5. The molecule has 4 aromatic rings. The van der Waals surface area contributed by atoms with Gasteiger partial charge in [0.05, 0.1) is 33.5 Å². The maximum Gasteiger partial charge on any atom is 0.319 e. The molecule has 2 aromatic carbocycles. The summed E-state index contributed by atoms with van der Waals surface area (Å²) in [7, 11) is 3.65. The van der Waals surface area contributed by atoms with E-state index < -0.39 is 11.4 Å². The van der Waals surface area contributed by atoms with Crippen molar-refractivity contribution in [2.24, 2.45) is 5.41 Å². The normalized spacial score (nSPS) is 25.8. The largest absolute Gasteiger partial charge is 0.508 e. The molecule has 3 fully saturated rings. The van der Waals surface area contributed by atoms with Gasteiger partial charge >= 0.3 is 6.01 Å². The fraction of sp³-hybridized carbons (Fsp3) is 0.500. The van der Waals surface area contributed by atoms with E-state index in [1.165, 1.54) is 13.2 Å². The fourth-order valence-corrected chi connectivity index (χ4v) is 7.78. The first-order valence-corrected chi connectivity index (χ1v) is 15.7. The van der Waals surface area contributed by atoms with Crippen LogP contribution in [0.4, 0.5) is 10.2 Å². The summed E-state index contributed by atoms with van der Waals surface area (Å²) in [5, 5.41) is 23.3. The number of aromatic hydroxyl groups is 1. The minimum Gasteiger partial charge on any atom is -0.508 e. The molecule has 4 heterocycles.